The number of hydrogen-bond acceptors (Lipinski definition) is 10. The number of esters is 2. The molecule has 13 nitrogen and oxygen atoms in total. The van der Waals surface area contributed by atoms with Crippen molar-refractivity contribution in [3.05, 3.63) is 46.8 Å². The quantitative estimate of drug-likeness (QED) is 0.241. The maximum absolute atomic E-state index is 12.9. The summed E-state index contributed by atoms with van der Waals surface area (Å²) < 4.78 is 31.0. The highest BCUT2D eigenvalue weighted by Crippen LogP contribution is 2.13. The summed E-state index contributed by atoms with van der Waals surface area (Å²) in [4.78, 5) is 45.7. The van der Waals surface area contributed by atoms with Crippen molar-refractivity contribution in [1.82, 2.24) is 0 Å². The summed E-state index contributed by atoms with van der Waals surface area (Å²) >= 11 is 0. The molecule has 0 heterocycles. The van der Waals surface area contributed by atoms with Gasteiger partial charge in [0, 0.05) is 20.9 Å². The molecular formula is C25H33N5O8. The van der Waals surface area contributed by atoms with E-state index in [1.165, 1.54) is 66.7 Å². The maximum Gasteiger partial charge on any atom is 0.345 e. The lowest BCUT2D eigenvalue weighted by molar-refractivity contribution is 0.0712. The molecule has 0 spiro atoms. The van der Waals surface area contributed by atoms with Crippen LogP contribution >= 0.6 is 0 Å². The third-order valence-electron chi connectivity index (χ3n) is 4.65. The van der Waals surface area contributed by atoms with Crippen molar-refractivity contribution in [1.29, 1.82) is 0 Å². The molecule has 206 valence electrons. The first-order valence-electron chi connectivity index (χ1n) is 11.3. The fraction of sp³-hybridized carbons (Fsp3) is 0.400. The first-order chi connectivity index (χ1) is 18.1. The third-order valence-corrected chi connectivity index (χ3v) is 4.65. The molecule has 1 aromatic rings. The van der Waals surface area contributed by atoms with Crippen LogP contribution in [-0.4, -0.2) is 77.3 Å². The summed E-state index contributed by atoms with van der Waals surface area (Å²) in [5.74, 6) is -1.09. The van der Waals surface area contributed by atoms with Crippen LogP contribution in [0.3, 0.4) is 0 Å². The van der Waals surface area contributed by atoms with E-state index in [0.717, 1.165) is 5.57 Å². The number of ether oxygens (including phenoxy) is 6. The van der Waals surface area contributed by atoms with Gasteiger partial charge in [0.2, 0.25) is 5.88 Å². The fourth-order valence-electron chi connectivity index (χ4n) is 2.38. The average molecular weight is 532 g/mol. The normalized spacial score (nSPS) is 13.9. The molecule has 0 saturated heterocycles. The molecule has 0 unspecified atom stereocenters. The summed E-state index contributed by atoms with van der Waals surface area (Å²) in [6.45, 7) is 6.84. The second kappa shape index (κ2) is 16.2. The second-order valence-electron chi connectivity index (χ2n) is 7.17. The smallest absolute Gasteiger partial charge is 0.345 e. The van der Waals surface area contributed by atoms with Crippen LogP contribution in [0.2, 0.25) is 0 Å². The second-order valence-corrected chi connectivity index (χ2v) is 7.17. The van der Waals surface area contributed by atoms with E-state index in [1.54, 1.807) is 6.92 Å². The van der Waals surface area contributed by atoms with E-state index in [1.807, 2.05) is 13.8 Å². The van der Waals surface area contributed by atoms with Crippen molar-refractivity contribution in [3.63, 3.8) is 0 Å². The molecule has 0 aliphatic rings. The van der Waals surface area contributed by atoms with E-state index in [9.17, 15) is 9.59 Å². The molecule has 0 bridgehead atoms. The van der Waals surface area contributed by atoms with Crippen LogP contribution in [0.1, 0.15) is 54.8 Å². The van der Waals surface area contributed by atoms with Gasteiger partial charge in [-0.05, 0) is 37.1 Å². The number of allylic oxidation sites excluding steroid dienone is 1. The molecule has 0 aliphatic heterocycles. The summed E-state index contributed by atoms with van der Waals surface area (Å²) in [5.41, 5.74) is 0.846. The lowest BCUT2D eigenvalue weighted by Gasteiger charge is -2.09. The van der Waals surface area contributed by atoms with Gasteiger partial charge in [0.25, 0.3) is 0 Å². The predicted octanol–water partition coefficient (Wildman–Crippen LogP) is 3.76. The Morgan fingerprint density at radius 2 is 1.21 bits per heavy atom. The Kier molecular flexibility index (Phi) is 13.5. The lowest BCUT2D eigenvalue weighted by Crippen LogP contribution is -2.17. The minimum atomic E-state index is -0.858. The number of benzene rings is 1. The highest BCUT2D eigenvalue weighted by atomic mass is 16.6. The van der Waals surface area contributed by atoms with Gasteiger partial charge >= 0.3 is 30.0 Å². The molecule has 38 heavy (non-hydrogen) atoms. The van der Waals surface area contributed by atoms with Gasteiger partial charge in [-0.15, -0.1) is 4.99 Å². The SMILES string of the molecule is CC/C(C)=C(/N=C(\N=C(/C)OC)OC(=O)c1cccc(C(=O)OC(/N=C(\C)OC)=N/C(=NC)OC)c1)OC. The highest BCUT2D eigenvalue weighted by molar-refractivity contribution is 6.05. The van der Waals surface area contributed by atoms with Gasteiger partial charge in [-0.1, -0.05) is 13.0 Å². The Hall–Kier alpha value is -4.55. The van der Waals surface area contributed by atoms with Crippen molar-refractivity contribution >= 4 is 41.8 Å². The van der Waals surface area contributed by atoms with Gasteiger partial charge in [0.1, 0.15) is 0 Å². The van der Waals surface area contributed by atoms with Crippen LogP contribution in [-0.2, 0) is 28.4 Å². The van der Waals surface area contributed by atoms with Crippen LogP contribution in [0.4, 0.5) is 0 Å². The van der Waals surface area contributed by atoms with Gasteiger partial charge in [-0.25, -0.2) is 14.6 Å². The van der Waals surface area contributed by atoms with E-state index >= 15 is 0 Å². The van der Waals surface area contributed by atoms with Crippen molar-refractivity contribution in [2.24, 2.45) is 25.0 Å². The first-order valence-corrected chi connectivity index (χ1v) is 11.3. The third kappa shape index (κ3) is 10.2. The Balaban J connectivity index is 3.32. The number of carbonyl (C=O) groups is 2. The number of nitrogens with zero attached hydrogens (tertiary/aromatic N) is 5. The monoisotopic (exact) mass is 531 g/mol. The Bertz CT molecular complexity index is 1180. The van der Waals surface area contributed by atoms with Crippen molar-refractivity contribution < 1.29 is 38.0 Å². The number of hydrogen-bond donors (Lipinski definition) is 0. The zero-order valence-electron chi connectivity index (χ0n) is 23.0. The van der Waals surface area contributed by atoms with Gasteiger partial charge in [0.15, 0.2) is 11.8 Å². The summed E-state index contributed by atoms with van der Waals surface area (Å²) in [6, 6.07) is 4.86. The van der Waals surface area contributed by atoms with E-state index in [4.69, 9.17) is 28.4 Å². The largest absolute Gasteiger partial charge is 0.484 e. The molecule has 1 aromatic carbocycles. The minimum absolute atomic E-state index is 0.0131. The molecule has 1 rings (SSSR count). The van der Waals surface area contributed by atoms with Crippen molar-refractivity contribution in [3.8, 4) is 0 Å². The molecule has 13 heteroatoms. The van der Waals surface area contributed by atoms with Crippen LogP contribution in [0.25, 0.3) is 0 Å². The molecule has 0 fully saturated rings. The minimum Gasteiger partial charge on any atom is -0.484 e. The summed E-state index contributed by atoms with van der Waals surface area (Å²) in [5, 5.41) is 0. The zero-order valence-corrected chi connectivity index (χ0v) is 23.0. The predicted molar refractivity (Wildman–Crippen MR) is 143 cm³/mol. The van der Waals surface area contributed by atoms with E-state index in [-0.39, 0.29) is 46.9 Å². The standard InChI is InChI=1S/C25H33N5O8/c1-10-15(2)20(35-8)29-24(27-16(3)33-6)37-21(31)18-12-11-13-19(14-18)22(32)38-25(28-17(4)34-7)30-23(26-5)36-9/h11-14H,10H2,1-9H3/b20-15-,26-23?,27-16+,28-17+,29-24+,30-25+. The average Bonchev–Trinajstić information content (AvgIpc) is 2.93. The topological polar surface area (TPSA) is 151 Å². The first kappa shape index (κ1) is 31.5. The highest BCUT2D eigenvalue weighted by Gasteiger charge is 2.18. The summed E-state index contributed by atoms with van der Waals surface area (Å²) in [6.07, 6.45) is 0.653. The molecular weight excluding hydrogens is 498 g/mol. The van der Waals surface area contributed by atoms with E-state index < -0.39 is 11.9 Å². The number of rotatable bonds is 5. The van der Waals surface area contributed by atoms with Crippen molar-refractivity contribution in [2.45, 2.75) is 34.1 Å². The molecule has 0 amide bonds. The number of methoxy groups -OCH3 is 4. The van der Waals surface area contributed by atoms with Crippen LogP contribution < -0.4 is 0 Å². The van der Waals surface area contributed by atoms with Gasteiger partial charge in [-0.2, -0.15) is 15.0 Å². The molecule has 0 N–H and O–H groups in total. The number of amidine groups is 3. The Morgan fingerprint density at radius 3 is 1.61 bits per heavy atom. The Labute approximate surface area is 221 Å². The lowest BCUT2D eigenvalue weighted by atomic mass is 10.1. The molecule has 0 aromatic heterocycles. The fourth-order valence-corrected chi connectivity index (χ4v) is 2.38. The van der Waals surface area contributed by atoms with Crippen LogP contribution in [0.5, 0.6) is 0 Å². The maximum atomic E-state index is 12.9. The van der Waals surface area contributed by atoms with Gasteiger partial charge in [-0.3, -0.25) is 0 Å². The Morgan fingerprint density at radius 1 is 0.711 bits per heavy atom. The summed E-state index contributed by atoms with van der Waals surface area (Å²) in [7, 11) is 7.03. The molecule has 0 aliphatic carbocycles. The van der Waals surface area contributed by atoms with Gasteiger partial charge in [0.05, 0.1) is 39.6 Å². The molecule has 0 radical (unpaired) electrons. The van der Waals surface area contributed by atoms with E-state index in [2.05, 4.69) is 25.0 Å². The number of aliphatic imine (C=N–C) groups is 5. The van der Waals surface area contributed by atoms with Gasteiger partial charge < -0.3 is 28.4 Å². The van der Waals surface area contributed by atoms with Crippen LogP contribution in [0.15, 0.2) is 60.7 Å². The molecule has 0 saturated carbocycles. The van der Waals surface area contributed by atoms with E-state index in [0.29, 0.717) is 6.42 Å². The zero-order chi connectivity index (χ0) is 28.7. The number of carbonyl (C=O) groups excluding carboxylic acids is 2. The van der Waals surface area contributed by atoms with Crippen molar-refractivity contribution in [2.75, 3.05) is 35.5 Å². The van der Waals surface area contributed by atoms with Crippen LogP contribution in [0, 0.1) is 0 Å². The molecule has 0 atom stereocenters.